The topological polar surface area (TPSA) is 186 Å². The highest BCUT2D eigenvalue weighted by molar-refractivity contribution is 7.98. The van der Waals surface area contributed by atoms with Crippen molar-refractivity contribution in [3.05, 3.63) is 35.7 Å². The molecule has 14 nitrogen and oxygen atoms in total. The molecule has 4 atom stereocenters. The molecule has 1 aromatic carbocycles. The molecule has 230 valence electrons. The summed E-state index contributed by atoms with van der Waals surface area (Å²) >= 11 is 1.51. The molecular weight excluding hydrogens is 566 g/mol. The van der Waals surface area contributed by atoms with Crippen LogP contribution in [-0.4, -0.2) is 93.7 Å². The van der Waals surface area contributed by atoms with Gasteiger partial charge in [0.05, 0.1) is 32.6 Å². The molecule has 0 spiro atoms. The Hall–Kier alpha value is -3.85. The van der Waals surface area contributed by atoms with Crippen LogP contribution in [0.15, 0.2) is 24.4 Å². The Bertz CT molecular complexity index is 1240. The van der Waals surface area contributed by atoms with Crippen LogP contribution in [0.4, 0.5) is 0 Å². The number of hydrogen-bond donors (Lipinski definition) is 5. The summed E-state index contributed by atoms with van der Waals surface area (Å²) in [7, 11) is 1.50. The predicted octanol–water partition coefficient (Wildman–Crippen LogP) is -0.00250. The van der Waals surface area contributed by atoms with E-state index in [-0.39, 0.29) is 18.5 Å². The molecule has 0 radical (unpaired) electrons. The van der Waals surface area contributed by atoms with E-state index in [1.165, 1.54) is 25.8 Å². The second-order valence-corrected chi connectivity index (χ2v) is 10.7. The van der Waals surface area contributed by atoms with Crippen LogP contribution in [0.25, 0.3) is 0 Å². The van der Waals surface area contributed by atoms with Gasteiger partial charge in [-0.3, -0.25) is 23.9 Å². The first-order valence-corrected chi connectivity index (χ1v) is 15.1. The molecule has 3 rings (SSSR count). The summed E-state index contributed by atoms with van der Waals surface area (Å²) in [6.07, 6.45) is 3.42. The molecule has 0 fully saturated rings. The highest BCUT2D eigenvalue weighted by Crippen LogP contribution is 2.28. The number of fused-ring (bicyclic) bond motifs is 4. The molecule has 2 aromatic rings. The lowest BCUT2D eigenvalue weighted by atomic mass is 10.1. The molecule has 42 heavy (non-hydrogen) atoms. The second kappa shape index (κ2) is 16.0. The van der Waals surface area contributed by atoms with Gasteiger partial charge in [0, 0.05) is 18.5 Å². The lowest BCUT2D eigenvalue weighted by Gasteiger charge is -2.26. The van der Waals surface area contributed by atoms with Crippen molar-refractivity contribution >= 4 is 35.4 Å². The fraction of sp³-hybridized carbons (Fsp3) is 0.556. The average molecular weight is 606 g/mol. The van der Waals surface area contributed by atoms with Crippen molar-refractivity contribution in [3.63, 3.8) is 0 Å². The number of aryl methyl sites for hydroxylation is 1. The van der Waals surface area contributed by atoms with Crippen molar-refractivity contribution in [2.24, 2.45) is 0 Å². The van der Waals surface area contributed by atoms with E-state index in [1.54, 1.807) is 36.0 Å². The van der Waals surface area contributed by atoms with Crippen LogP contribution in [0.2, 0.25) is 0 Å². The standard InChI is InChI=1S/C27H39N7O7S/c1-5-19-25(37)31-23(16(2)35)27(39)28-14-18-15-34(33-32-18)10-6-11-41-22-13-17(7-8-21(22)40-3)24(36)30-20(9-12-42-4)26(38)29-19/h7-8,13,15-16,19-20,23,35H,5-6,9-12,14H2,1-4H3,(H,28,39)(H,29,38)(H,30,36)(H,31,37)/t16-,19+,20+,23+/m1/s1. The zero-order chi connectivity index (χ0) is 30.6. The number of carbonyl (C=O) groups is 4. The van der Waals surface area contributed by atoms with E-state index >= 15 is 0 Å². The van der Waals surface area contributed by atoms with Crippen LogP contribution in [0.1, 0.15) is 49.2 Å². The number of aromatic nitrogens is 3. The monoisotopic (exact) mass is 605 g/mol. The van der Waals surface area contributed by atoms with Crippen LogP contribution in [-0.2, 0) is 27.5 Å². The van der Waals surface area contributed by atoms with Crippen molar-refractivity contribution < 1.29 is 33.8 Å². The average Bonchev–Trinajstić information content (AvgIpc) is 3.44. The molecule has 0 aliphatic carbocycles. The molecular formula is C27H39N7O7S. The summed E-state index contributed by atoms with van der Waals surface area (Å²) < 4.78 is 12.9. The summed E-state index contributed by atoms with van der Waals surface area (Å²) in [6.45, 7) is 3.87. The third-order valence-electron chi connectivity index (χ3n) is 6.58. The van der Waals surface area contributed by atoms with Crippen LogP contribution >= 0.6 is 11.8 Å². The third kappa shape index (κ3) is 9.08. The minimum absolute atomic E-state index is 0.0309. The highest BCUT2D eigenvalue weighted by Gasteiger charge is 2.31. The zero-order valence-corrected chi connectivity index (χ0v) is 25.0. The molecule has 5 N–H and O–H groups in total. The molecule has 4 amide bonds. The fourth-order valence-electron chi connectivity index (χ4n) is 4.19. The number of carbonyl (C=O) groups excluding carboxylic acids is 4. The van der Waals surface area contributed by atoms with E-state index < -0.39 is 47.9 Å². The normalized spacial score (nSPS) is 21.8. The fourth-order valence-corrected chi connectivity index (χ4v) is 4.66. The first kappa shape index (κ1) is 32.7. The number of nitrogens with one attached hydrogen (secondary N) is 4. The molecule has 1 aromatic heterocycles. The number of rotatable bonds is 6. The number of benzene rings is 1. The van der Waals surface area contributed by atoms with Gasteiger partial charge in [-0.1, -0.05) is 12.1 Å². The second-order valence-electron chi connectivity index (χ2n) is 9.76. The summed E-state index contributed by atoms with van der Waals surface area (Å²) in [6, 6.07) is 1.52. The number of thioether (sulfide) groups is 1. The van der Waals surface area contributed by atoms with Gasteiger partial charge >= 0.3 is 0 Å². The van der Waals surface area contributed by atoms with Crippen molar-refractivity contribution in [2.75, 3.05) is 25.7 Å². The minimum Gasteiger partial charge on any atom is -0.493 e. The number of nitrogens with zero attached hydrogens (tertiary/aromatic N) is 3. The van der Waals surface area contributed by atoms with Gasteiger partial charge in [0.2, 0.25) is 17.7 Å². The smallest absolute Gasteiger partial charge is 0.252 e. The third-order valence-corrected chi connectivity index (χ3v) is 7.23. The summed E-state index contributed by atoms with van der Waals surface area (Å²) in [5, 5.41) is 29.0. The number of methoxy groups -OCH3 is 1. The quantitative estimate of drug-likeness (QED) is 0.300. The van der Waals surface area contributed by atoms with Gasteiger partial charge < -0.3 is 35.8 Å². The molecule has 2 heterocycles. The van der Waals surface area contributed by atoms with E-state index in [0.29, 0.717) is 48.9 Å². The Morgan fingerprint density at radius 1 is 1.14 bits per heavy atom. The van der Waals surface area contributed by atoms with E-state index in [4.69, 9.17) is 9.47 Å². The van der Waals surface area contributed by atoms with E-state index in [0.717, 1.165) is 0 Å². The molecule has 0 saturated heterocycles. The maximum atomic E-state index is 13.3. The molecule has 0 saturated carbocycles. The zero-order valence-electron chi connectivity index (χ0n) is 24.2. The van der Waals surface area contributed by atoms with Crippen LogP contribution < -0.4 is 30.7 Å². The lowest BCUT2D eigenvalue weighted by molar-refractivity contribution is -0.134. The molecule has 4 bridgehead atoms. The summed E-state index contributed by atoms with van der Waals surface area (Å²) in [5.74, 6) is -0.915. The number of aliphatic hydroxyl groups excluding tert-OH is 1. The SMILES string of the molecule is CC[C@@H]1NC(=O)[C@H](CCSC)NC(=O)c2ccc(OC)c(c2)OCCCn2cc(nn2)CNC(=O)[C@H]([C@@H](C)O)NC1=O. The van der Waals surface area contributed by atoms with Crippen LogP contribution in [0, 0.1) is 0 Å². The molecule has 15 heteroatoms. The summed E-state index contributed by atoms with van der Waals surface area (Å²) in [4.78, 5) is 52.5. The number of amides is 4. The maximum absolute atomic E-state index is 13.3. The van der Waals surface area contributed by atoms with Gasteiger partial charge in [-0.05, 0) is 50.0 Å². The molecule has 0 unspecified atom stereocenters. The van der Waals surface area contributed by atoms with Gasteiger partial charge in [-0.25, -0.2) is 0 Å². The Kier molecular flexibility index (Phi) is 12.4. The van der Waals surface area contributed by atoms with E-state index in [2.05, 4.69) is 31.6 Å². The molecule has 1 aliphatic rings. The minimum atomic E-state index is -1.27. The van der Waals surface area contributed by atoms with Gasteiger partial charge in [0.1, 0.15) is 23.8 Å². The van der Waals surface area contributed by atoms with Crippen LogP contribution in [0.3, 0.4) is 0 Å². The van der Waals surface area contributed by atoms with E-state index in [9.17, 15) is 24.3 Å². The van der Waals surface area contributed by atoms with Crippen molar-refractivity contribution in [1.82, 2.24) is 36.3 Å². The number of aliphatic hydroxyl groups is 1. The van der Waals surface area contributed by atoms with Crippen molar-refractivity contribution in [1.29, 1.82) is 0 Å². The van der Waals surface area contributed by atoms with E-state index in [1.807, 2.05) is 6.26 Å². The maximum Gasteiger partial charge on any atom is 0.252 e. The number of hydrogen-bond acceptors (Lipinski definition) is 10. The number of ether oxygens (including phenoxy) is 2. The predicted molar refractivity (Wildman–Crippen MR) is 155 cm³/mol. The Morgan fingerprint density at radius 3 is 2.60 bits per heavy atom. The Morgan fingerprint density at radius 2 is 1.90 bits per heavy atom. The Labute approximate surface area is 248 Å². The summed E-state index contributed by atoms with van der Waals surface area (Å²) in [5.41, 5.74) is 0.754. The van der Waals surface area contributed by atoms with Gasteiger partial charge in [0.25, 0.3) is 5.91 Å². The Balaban J connectivity index is 1.90. The lowest BCUT2D eigenvalue weighted by Crippen LogP contribution is -2.58. The first-order valence-electron chi connectivity index (χ1n) is 13.7. The van der Waals surface area contributed by atoms with Crippen molar-refractivity contribution in [2.45, 2.75) is 70.4 Å². The first-order chi connectivity index (χ1) is 20.2. The molecule has 1 aliphatic heterocycles. The highest BCUT2D eigenvalue weighted by atomic mass is 32.2. The van der Waals surface area contributed by atoms with Crippen molar-refractivity contribution in [3.8, 4) is 11.5 Å². The van der Waals surface area contributed by atoms with Gasteiger partial charge in [-0.15, -0.1) is 5.10 Å². The van der Waals surface area contributed by atoms with Crippen LogP contribution in [0.5, 0.6) is 11.5 Å². The largest absolute Gasteiger partial charge is 0.493 e. The van der Waals surface area contributed by atoms with Gasteiger partial charge in [0.15, 0.2) is 11.5 Å². The van der Waals surface area contributed by atoms with Gasteiger partial charge in [-0.2, -0.15) is 11.8 Å².